The molecule has 2 rings (SSSR count). The van der Waals surface area contributed by atoms with Gasteiger partial charge in [0, 0.05) is 11.6 Å². The lowest BCUT2D eigenvalue weighted by molar-refractivity contribution is -0.126. The first-order valence-corrected chi connectivity index (χ1v) is 9.39. The van der Waals surface area contributed by atoms with Crippen molar-refractivity contribution in [1.82, 2.24) is 5.32 Å². The Labute approximate surface area is 149 Å². The van der Waals surface area contributed by atoms with E-state index < -0.39 is 28.4 Å². The van der Waals surface area contributed by atoms with E-state index in [9.17, 15) is 22.0 Å². The maximum atomic E-state index is 12.3. The molecule has 1 fully saturated rings. The fraction of sp³-hybridized carbons (Fsp3) is 0.467. The molecule has 1 atom stereocenters. The quantitative estimate of drug-likeness (QED) is 0.522. The first-order chi connectivity index (χ1) is 12.3. The van der Waals surface area contributed by atoms with Crippen molar-refractivity contribution in [2.45, 2.75) is 19.1 Å². The Morgan fingerprint density at radius 2 is 2.19 bits per heavy atom. The number of halogens is 2. The van der Waals surface area contributed by atoms with Gasteiger partial charge >= 0.3 is 6.61 Å². The van der Waals surface area contributed by atoms with E-state index >= 15 is 0 Å². The number of nitrogens with one attached hydrogen (secondary N) is 1. The van der Waals surface area contributed by atoms with Crippen LogP contribution in [-0.4, -0.2) is 58.4 Å². The molecule has 1 aromatic carbocycles. The molecule has 0 bridgehead atoms. The van der Waals surface area contributed by atoms with Crippen molar-refractivity contribution in [1.29, 1.82) is 0 Å². The summed E-state index contributed by atoms with van der Waals surface area (Å²) in [4.78, 5) is 16.5. The standard InChI is InChI=1S/C15H18F2N2O6S/c1-23-13-6-10(2-3-12(13)25-15(16)17)7-18-24-8-14(20)19-11-4-5-26(21,22)9-11/h2-3,6-7,11,15H,4-5,8-9H2,1H3,(H,19,20). The number of sulfone groups is 1. The van der Waals surface area contributed by atoms with E-state index in [1.165, 1.54) is 31.5 Å². The maximum Gasteiger partial charge on any atom is 0.387 e. The zero-order valence-electron chi connectivity index (χ0n) is 13.9. The molecule has 144 valence electrons. The van der Waals surface area contributed by atoms with Crippen molar-refractivity contribution < 1.29 is 36.3 Å². The van der Waals surface area contributed by atoms with Crippen molar-refractivity contribution in [2.24, 2.45) is 5.16 Å². The predicted octanol–water partition coefficient (Wildman–Crippen LogP) is 0.950. The number of hydrogen-bond acceptors (Lipinski definition) is 7. The zero-order chi connectivity index (χ0) is 19.2. The number of benzene rings is 1. The van der Waals surface area contributed by atoms with Crippen molar-refractivity contribution in [2.75, 3.05) is 25.2 Å². The Hall–Kier alpha value is -2.43. The molecule has 1 aliphatic heterocycles. The Balaban J connectivity index is 1.81. The number of ether oxygens (including phenoxy) is 2. The van der Waals surface area contributed by atoms with Crippen LogP contribution >= 0.6 is 0 Å². The molecule has 1 saturated heterocycles. The highest BCUT2D eigenvalue weighted by Gasteiger charge is 2.28. The highest BCUT2D eigenvalue weighted by atomic mass is 32.2. The SMILES string of the molecule is COc1cc(C=NOCC(=O)NC2CCS(=O)(=O)C2)ccc1OC(F)F. The van der Waals surface area contributed by atoms with Gasteiger partial charge in [0.1, 0.15) is 0 Å². The number of carbonyl (C=O) groups excluding carboxylic acids is 1. The second-order valence-corrected chi connectivity index (χ2v) is 7.69. The van der Waals surface area contributed by atoms with Crippen LogP contribution in [0.15, 0.2) is 23.4 Å². The van der Waals surface area contributed by atoms with E-state index in [-0.39, 0.29) is 29.6 Å². The molecule has 26 heavy (non-hydrogen) atoms. The molecule has 8 nitrogen and oxygen atoms in total. The third-order valence-corrected chi connectivity index (χ3v) is 5.24. The molecular formula is C15H18F2N2O6S. The smallest absolute Gasteiger partial charge is 0.387 e. The first kappa shape index (κ1) is 19.9. The number of oxime groups is 1. The average molecular weight is 392 g/mol. The topological polar surface area (TPSA) is 103 Å². The molecular weight excluding hydrogens is 374 g/mol. The van der Waals surface area contributed by atoms with E-state index in [4.69, 9.17) is 9.57 Å². The largest absolute Gasteiger partial charge is 0.493 e. The molecule has 0 spiro atoms. The molecule has 1 aromatic rings. The predicted molar refractivity (Wildman–Crippen MR) is 88.4 cm³/mol. The molecule has 0 radical (unpaired) electrons. The van der Waals surface area contributed by atoms with Crippen molar-refractivity contribution >= 4 is 22.0 Å². The first-order valence-electron chi connectivity index (χ1n) is 7.57. The minimum absolute atomic E-state index is 0.0596. The van der Waals surface area contributed by atoms with Gasteiger partial charge in [0.25, 0.3) is 5.91 Å². The van der Waals surface area contributed by atoms with E-state index in [0.29, 0.717) is 12.0 Å². The lowest BCUT2D eigenvalue weighted by Crippen LogP contribution is -2.37. The van der Waals surface area contributed by atoms with Crippen LogP contribution in [-0.2, 0) is 19.5 Å². The van der Waals surface area contributed by atoms with Crippen LogP contribution in [0.4, 0.5) is 8.78 Å². The fourth-order valence-corrected chi connectivity index (χ4v) is 4.00. The van der Waals surface area contributed by atoms with Gasteiger partial charge in [-0.2, -0.15) is 8.78 Å². The number of amides is 1. The van der Waals surface area contributed by atoms with Crippen molar-refractivity contribution in [3.8, 4) is 11.5 Å². The third kappa shape index (κ3) is 6.14. The average Bonchev–Trinajstić information content (AvgIpc) is 2.90. The van der Waals surface area contributed by atoms with Gasteiger partial charge in [-0.05, 0) is 24.6 Å². The Bertz CT molecular complexity index is 769. The van der Waals surface area contributed by atoms with E-state index in [1.54, 1.807) is 0 Å². The zero-order valence-corrected chi connectivity index (χ0v) is 14.7. The second kappa shape index (κ2) is 8.79. The highest BCUT2D eigenvalue weighted by molar-refractivity contribution is 7.91. The van der Waals surface area contributed by atoms with Gasteiger partial charge in [-0.1, -0.05) is 5.16 Å². The van der Waals surface area contributed by atoms with Gasteiger partial charge in [0.2, 0.25) is 0 Å². The molecule has 1 heterocycles. The summed E-state index contributed by atoms with van der Waals surface area (Å²) in [6, 6.07) is 3.75. The van der Waals surface area contributed by atoms with Crippen LogP contribution in [0.2, 0.25) is 0 Å². The van der Waals surface area contributed by atoms with E-state index in [0.717, 1.165) is 0 Å². The summed E-state index contributed by atoms with van der Waals surface area (Å²) in [6.45, 7) is -3.35. The van der Waals surface area contributed by atoms with Gasteiger partial charge in [0.15, 0.2) is 27.9 Å². The van der Waals surface area contributed by atoms with Gasteiger partial charge in [-0.15, -0.1) is 0 Å². The summed E-state index contributed by atoms with van der Waals surface area (Å²) in [5, 5.41) is 6.15. The molecule has 11 heteroatoms. The molecule has 1 unspecified atom stereocenters. The minimum Gasteiger partial charge on any atom is -0.493 e. The van der Waals surface area contributed by atoms with Crippen molar-refractivity contribution in [3.05, 3.63) is 23.8 Å². The van der Waals surface area contributed by atoms with Crippen LogP contribution in [0.25, 0.3) is 0 Å². The molecule has 1 aliphatic rings. The maximum absolute atomic E-state index is 12.3. The number of methoxy groups -OCH3 is 1. The lowest BCUT2D eigenvalue weighted by atomic mass is 10.2. The molecule has 0 aromatic heterocycles. The van der Waals surface area contributed by atoms with Gasteiger partial charge in [-0.3, -0.25) is 4.79 Å². The van der Waals surface area contributed by atoms with Crippen LogP contribution in [0, 0.1) is 0 Å². The number of hydrogen-bond donors (Lipinski definition) is 1. The number of alkyl halides is 2. The summed E-state index contributed by atoms with van der Waals surface area (Å²) in [6.07, 6.45) is 1.64. The van der Waals surface area contributed by atoms with Crippen LogP contribution < -0.4 is 14.8 Å². The fourth-order valence-electron chi connectivity index (χ4n) is 2.33. The summed E-state index contributed by atoms with van der Waals surface area (Å²) in [5.74, 6) is -0.526. The Kier molecular flexibility index (Phi) is 6.72. The molecule has 1 amide bonds. The monoisotopic (exact) mass is 392 g/mol. The molecule has 0 saturated carbocycles. The van der Waals surface area contributed by atoms with Gasteiger partial charge in [0.05, 0.1) is 24.8 Å². The highest BCUT2D eigenvalue weighted by Crippen LogP contribution is 2.28. The molecule has 0 aliphatic carbocycles. The number of rotatable bonds is 8. The summed E-state index contributed by atoms with van der Waals surface area (Å²) in [7, 11) is -1.77. The normalized spacial score (nSPS) is 18.8. The lowest BCUT2D eigenvalue weighted by Gasteiger charge is -2.10. The molecule has 1 N–H and O–H groups in total. The number of carbonyl (C=O) groups is 1. The van der Waals surface area contributed by atoms with E-state index in [1.807, 2.05) is 0 Å². The van der Waals surface area contributed by atoms with E-state index in [2.05, 4.69) is 15.2 Å². The third-order valence-electron chi connectivity index (χ3n) is 3.47. The Morgan fingerprint density at radius 1 is 1.42 bits per heavy atom. The van der Waals surface area contributed by atoms with Crippen molar-refractivity contribution in [3.63, 3.8) is 0 Å². The Morgan fingerprint density at radius 3 is 2.81 bits per heavy atom. The van der Waals surface area contributed by atoms with Crippen LogP contribution in [0.1, 0.15) is 12.0 Å². The van der Waals surface area contributed by atoms with Gasteiger partial charge < -0.3 is 19.6 Å². The van der Waals surface area contributed by atoms with Crippen LogP contribution in [0.3, 0.4) is 0 Å². The summed E-state index contributed by atoms with van der Waals surface area (Å²) >= 11 is 0. The van der Waals surface area contributed by atoms with Gasteiger partial charge in [-0.25, -0.2) is 8.42 Å². The summed E-state index contributed by atoms with van der Waals surface area (Å²) in [5.41, 5.74) is 0.478. The minimum atomic E-state index is -3.07. The van der Waals surface area contributed by atoms with Crippen LogP contribution in [0.5, 0.6) is 11.5 Å². The number of nitrogens with zero attached hydrogens (tertiary/aromatic N) is 1. The second-order valence-electron chi connectivity index (χ2n) is 5.46. The summed E-state index contributed by atoms with van der Waals surface area (Å²) < 4.78 is 56.4.